The summed E-state index contributed by atoms with van der Waals surface area (Å²) in [5.74, 6) is -0.502. The molecule has 1 N–H and O–H groups in total. The van der Waals surface area contributed by atoms with Gasteiger partial charge < -0.3 is 10.1 Å². The fourth-order valence-corrected chi connectivity index (χ4v) is 5.26. The lowest BCUT2D eigenvalue weighted by Gasteiger charge is -2.26. The molecular formula is C19H20Cl2N2O4S. The van der Waals surface area contributed by atoms with Crippen LogP contribution in [-0.4, -0.2) is 44.9 Å². The van der Waals surface area contributed by atoms with Gasteiger partial charge in [-0.15, -0.1) is 0 Å². The topological polar surface area (TPSA) is 75.7 Å². The summed E-state index contributed by atoms with van der Waals surface area (Å²) in [4.78, 5) is 12.7. The van der Waals surface area contributed by atoms with Crippen LogP contribution in [0.25, 0.3) is 0 Å². The number of nitrogens with one attached hydrogen (secondary N) is 1. The first-order valence-corrected chi connectivity index (χ1v) is 10.9. The molecule has 2 aromatic carbocycles. The minimum absolute atomic E-state index is 0.0277. The molecule has 1 fully saturated rings. The van der Waals surface area contributed by atoms with Crippen molar-refractivity contribution in [1.29, 1.82) is 0 Å². The predicted molar refractivity (Wildman–Crippen MR) is 110 cm³/mol. The van der Waals surface area contributed by atoms with Crippen molar-refractivity contribution in [2.75, 3.05) is 31.6 Å². The minimum atomic E-state index is -3.87. The first-order chi connectivity index (χ1) is 13.2. The van der Waals surface area contributed by atoms with E-state index in [4.69, 9.17) is 27.9 Å². The Morgan fingerprint density at radius 3 is 2.29 bits per heavy atom. The van der Waals surface area contributed by atoms with Crippen molar-refractivity contribution < 1.29 is 17.9 Å². The number of aryl methyl sites for hydroxylation is 2. The summed E-state index contributed by atoms with van der Waals surface area (Å²) >= 11 is 12.4. The molecule has 1 aliphatic heterocycles. The monoisotopic (exact) mass is 442 g/mol. The van der Waals surface area contributed by atoms with E-state index >= 15 is 0 Å². The average Bonchev–Trinajstić information content (AvgIpc) is 2.65. The van der Waals surface area contributed by atoms with Crippen LogP contribution >= 0.6 is 23.2 Å². The standard InChI is InChI=1S/C19H20Cl2N2O4S/c1-12-4-3-5-13(2)18(12)22-19(24)14-10-17(16(21)11-15(14)20)28(25,26)23-6-8-27-9-7-23/h3-5,10-11H,6-9H2,1-2H3,(H,22,24). The molecule has 0 radical (unpaired) electrons. The Morgan fingerprint density at radius 2 is 1.68 bits per heavy atom. The predicted octanol–water partition coefficient (Wildman–Crippen LogP) is 3.88. The number of ether oxygens (including phenoxy) is 1. The summed E-state index contributed by atoms with van der Waals surface area (Å²) in [6.45, 7) is 4.83. The van der Waals surface area contributed by atoms with E-state index in [2.05, 4.69) is 5.32 Å². The summed E-state index contributed by atoms with van der Waals surface area (Å²) in [5, 5.41) is 2.87. The van der Waals surface area contributed by atoms with Crippen molar-refractivity contribution in [3.05, 3.63) is 57.1 Å². The van der Waals surface area contributed by atoms with Crippen LogP contribution in [-0.2, 0) is 14.8 Å². The maximum absolute atomic E-state index is 13.0. The fourth-order valence-electron chi connectivity index (χ4n) is 3.02. The third-order valence-electron chi connectivity index (χ3n) is 4.57. The molecule has 0 unspecified atom stereocenters. The lowest BCUT2D eigenvalue weighted by Crippen LogP contribution is -2.40. The van der Waals surface area contributed by atoms with E-state index in [0.29, 0.717) is 18.9 Å². The van der Waals surface area contributed by atoms with Gasteiger partial charge in [0.1, 0.15) is 4.90 Å². The van der Waals surface area contributed by atoms with Crippen molar-refractivity contribution in [3.8, 4) is 0 Å². The van der Waals surface area contributed by atoms with Gasteiger partial charge in [0, 0.05) is 18.8 Å². The maximum atomic E-state index is 13.0. The van der Waals surface area contributed by atoms with Gasteiger partial charge in [-0.3, -0.25) is 4.79 Å². The number of hydrogen-bond donors (Lipinski definition) is 1. The highest BCUT2D eigenvalue weighted by Gasteiger charge is 2.30. The van der Waals surface area contributed by atoms with E-state index in [1.54, 1.807) is 0 Å². The lowest BCUT2D eigenvalue weighted by molar-refractivity contribution is 0.0730. The highest BCUT2D eigenvalue weighted by Crippen LogP contribution is 2.32. The number of anilines is 1. The number of morpholine rings is 1. The fraction of sp³-hybridized carbons (Fsp3) is 0.316. The molecule has 0 saturated carbocycles. The Morgan fingerprint density at radius 1 is 1.07 bits per heavy atom. The number of amides is 1. The zero-order chi connectivity index (χ0) is 20.5. The van der Waals surface area contributed by atoms with E-state index < -0.39 is 15.9 Å². The molecule has 1 heterocycles. The van der Waals surface area contributed by atoms with Crippen LogP contribution in [0.2, 0.25) is 10.0 Å². The van der Waals surface area contributed by atoms with Crippen LogP contribution in [0.4, 0.5) is 5.69 Å². The third kappa shape index (κ3) is 4.18. The van der Waals surface area contributed by atoms with Gasteiger partial charge in [-0.1, -0.05) is 41.4 Å². The van der Waals surface area contributed by atoms with Crippen molar-refractivity contribution in [2.45, 2.75) is 18.7 Å². The van der Waals surface area contributed by atoms with Gasteiger partial charge in [0.25, 0.3) is 5.91 Å². The Balaban J connectivity index is 1.98. The molecule has 0 spiro atoms. The van der Waals surface area contributed by atoms with Crippen LogP contribution < -0.4 is 5.32 Å². The molecule has 9 heteroatoms. The highest BCUT2D eigenvalue weighted by molar-refractivity contribution is 7.89. The van der Waals surface area contributed by atoms with Crippen LogP contribution in [0.15, 0.2) is 35.2 Å². The van der Waals surface area contributed by atoms with E-state index in [1.807, 2.05) is 32.0 Å². The molecule has 1 aliphatic rings. The first-order valence-electron chi connectivity index (χ1n) is 8.66. The number of rotatable bonds is 4. The number of carbonyl (C=O) groups is 1. The number of carbonyl (C=O) groups excluding carboxylic acids is 1. The molecule has 0 aliphatic carbocycles. The average molecular weight is 443 g/mol. The summed E-state index contributed by atoms with van der Waals surface area (Å²) in [6.07, 6.45) is 0. The molecule has 28 heavy (non-hydrogen) atoms. The van der Waals surface area contributed by atoms with Gasteiger partial charge >= 0.3 is 0 Å². The van der Waals surface area contributed by atoms with Crippen LogP contribution in [0.1, 0.15) is 21.5 Å². The highest BCUT2D eigenvalue weighted by atomic mass is 35.5. The second-order valence-corrected chi connectivity index (χ2v) is 9.22. The van der Waals surface area contributed by atoms with E-state index in [9.17, 15) is 13.2 Å². The van der Waals surface area contributed by atoms with Gasteiger partial charge in [-0.05, 0) is 37.1 Å². The number of para-hydroxylation sites is 1. The molecule has 3 rings (SSSR count). The third-order valence-corrected chi connectivity index (χ3v) is 7.25. The van der Waals surface area contributed by atoms with Gasteiger partial charge in [0.05, 0.1) is 28.8 Å². The summed E-state index contributed by atoms with van der Waals surface area (Å²) in [7, 11) is -3.87. The Bertz CT molecular complexity index is 999. The Kier molecular flexibility index (Phi) is 6.31. The lowest BCUT2D eigenvalue weighted by atomic mass is 10.1. The van der Waals surface area contributed by atoms with Gasteiger partial charge in [0.15, 0.2) is 0 Å². The maximum Gasteiger partial charge on any atom is 0.257 e. The van der Waals surface area contributed by atoms with Crippen LogP contribution in [0.3, 0.4) is 0 Å². The van der Waals surface area contributed by atoms with Crippen molar-refractivity contribution >= 4 is 44.8 Å². The van der Waals surface area contributed by atoms with E-state index in [1.165, 1.54) is 16.4 Å². The molecule has 1 amide bonds. The van der Waals surface area contributed by atoms with Crippen LogP contribution in [0.5, 0.6) is 0 Å². The molecule has 1 saturated heterocycles. The number of benzene rings is 2. The molecule has 0 aromatic heterocycles. The normalized spacial score (nSPS) is 15.4. The summed E-state index contributed by atoms with van der Waals surface area (Å²) in [6, 6.07) is 8.16. The van der Waals surface area contributed by atoms with E-state index in [0.717, 1.165) is 11.1 Å². The molecular weight excluding hydrogens is 423 g/mol. The number of sulfonamides is 1. The Labute approximate surface area is 174 Å². The molecule has 150 valence electrons. The minimum Gasteiger partial charge on any atom is -0.379 e. The van der Waals surface area contributed by atoms with E-state index in [-0.39, 0.29) is 33.6 Å². The number of hydrogen-bond acceptors (Lipinski definition) is 4. The van der Waals surface area contributed by atoms with Crippen molar-refractivity contribution in [1.82, 2.24) is 4.31 Å². The van der Waals surface area contributed by atoms with Gasteiger partial charge in [-0.2, -0.15) is 4.31 Å². The van der Waals surface area contributed by atoms with Crippen molar-refractivity contribution in [3.63, 3.8) is 0 Å². The smallest absolute Gasteiger partial charge is 0.257 e. The van der Waals surface area contributed by atoms with Gasteiger partial charge in [0.2, 0.25) is 10.0 Å². The van der Waals surface area contributed by atoms with Crippen molar-refractivity contribution in [2.24, 2.45) is 0 Å². The SMILES string of the molecule is Cc1cccc(C)c1NC(=O)c1cc(S(=O)(=O)N2CCOCC2)c(Cl)cc1Cl. The number of halogens is 2. The molecule has 0 bridgehead atoms. The number of nitrogens with zero attached hydrogens (tertiary/aromatic N) is 1. The Hall–Kier alpha value is -1.64. The largest absolute Gasteiger partial charge is 0.379 e. The molecule has 2 aromatic rings. The summed E-state index contributed by atoms with van der Waals surface area (Å²) < 4.78 is 32.4. The molecule has 0 atom stereocenters. The molecule has 6 nitrogen and oxygen atoms in total. The second-order valence-electron chi connectivity index (χ2n) is 6.50. The van der Waals surface area contributed by atoms with Crippen LogP contribution in [0, 0.1) is 13.8 Å². The summed E-state index contributed by atoms with van der Waals surface area (Å²) in [5.41, 5.74) is 2.48. The second kappa shape index (κ2) is 8.39. The zero-order valence-electron chi connectivity index (χ0n) is 15.5. The van der Waals surface area contributed by atoms with Gasteiger partial charge in [-0.25, -0.2) is 8.42 Å². The quantitative estimate of drug-likeness (QED) is 0.778. The first kappa shape index (κ1) is 21.1. The zero-order valence-corrected chi connectivity index (χ0v) is 17.8.